The van der Waals surface area contributed by atoms with Gasteiger partial charge in [0.05, 0.1) is 15.6 Å². The average molecular weight is 425 g/mol. The summed E-state index contributed by atoms with van der Waals surface area (Å²) in [6, 6.07) is 10.3. The van der Waals surface area contributed by atoms with Crippen LogP contribution in [0.4, 0.5) is 5.69 Å². The van der Waals surface area contributed by atoms with Gasteiger partial charge in [-0.25, -0.2) is 12.7 Å². The van der Waals surface area contributed by atoms with E-state index in [1.54, 1.807) is 24.3 Å². The molecule has 0 radical (unpaired) electrons. The van der Waals surface area contributed by atoms with Crippen molar-refractivity contribution in [3.05, 3.63) is 58.1 Å². The topological polar surface area (TPSA) is 83.6 Å². The number of rotatable bonds is 3. The molecule has 1 aliphatic carbocycles. The fourth-order valence-corrected chi connectivity index (χ4v) is 5.41. The normalized spacial score (nSPS) is 20.9. The van der Waals surface area contributed by atoms with Crippen molar-refractivity contribution in [3.63, 3.8) is 0 Å². The molecule has 9 heteroatoms. The molecule has 2 aliphatic rings. The third kappa shape index (κ3) is 3.09. The van der Waals surface area contributed by atoms with Gasteiger partial charge in [0, 0.05) is 11.1 Å². The number of nitrogens with one attached hydrogen (secondary N) is 1. The Labute approximate surface area is 166 Å². The molecule has 6 nitrogen and oxygen atoms in total. The lowest BCUT2D eigenvalue weighted by Gasteiger charge is -2.33. The van der Waals surface area contributed by atoms with E-state index in [4.69, 9.17) is 23.2 Å². The van der Waals surface area contributed by atoms with Gasteiger partial charge in [-0.3, -0.25) is 9.59 Å². The SMILES string of the molecule is O=C(Nc1ccccc1Cl)C1C(=O)N(C2CC2)S(=O)(=O)c2ccc(Cl)cc21. The van der Waals surface area contributed by atoms with E-state index in [1.807, 2.05) is 0 Å². The number of carbonyl (C=O) groups is 2. The van der Waals surface area contributed by atoms with Gasteiger partial charge in [0.15, 0.2) is 0 Å². The molecule has 1 saturated carbocycles. The Morgan fingerprint density at radius 1 is 1.11 bits per heavy atom. The van der Waals surface area contributed by atoms with Gasteiger partial charge in [-0.2, -0.15) is 0 Å². The van der Waals surface area contributed by atoms with Crippen LogP contribution in [0.1, 0.15) is 24.3 Å². The quantitative estimate of drug-likeness (QED) is 0.765. The Balaban J connectivity index is 1.81. The van der Waals surface area contributed by atoms with Crippen LogP contribution in [-0.4, -0.2) is 30.6 Å². The number of amides is 2. The predicted octanol–water partition coefficient (Wildman–Crippen LogP) is 3.41. The number of nitrogens with zero attached hydrogens (tertiary/aromatic N) is 1. The summed E-state index contributed by atoms with van der Waals surface area (Å²) >= 11 is 12.1. The molecule has 1 fully saturated rings. The summed E-state index contributed by atoms with van der Waals surface area (Å²) in [6.45, 7) is 0. The lowest BCUT2D eigenvalue weighted by atomic mass is 9.96. The molecular weight excluding hydrogens is 411 g/mol. The summed E-state index contributed by atoms with van der Waals surface area (Å²) in [5.74, 6) is -2.74. The largest absolute Gasteiger partial charge is 0.324 e. The zero-order valence-electron chi connectivity index (χ0n) is 13.9. The Hall–Kier alpha value is -2.09. The van der Waals surface area contributed by atoms with Crippen LogP contribution in [0.25, 0.3) is 0 Å². The van der Waals surface area contributed by atoms with Crippen molar-refractivity contribution in [2.75, 3.05) is 5.32 Å². The molecule has 0 bridgehead atoms. The molecule has 1 unspecified atom stereocenters. The molecule has 2 aromatic rings. The minimum atomic E-state index is -4.01. The van der Waals surface area contributed by atoms with Gasteiger partial charge in [0.1, 0.15) is 5.92 Å². The minimum Gasteiger partial charge on any atom is -0.324 e. The van der Waals surface area contributed by atoms with Crippen molar-refractivity contribution in [1.29, 1.82) is 0 Å². The van der Waals surface area contributed by atoms with Crippen molar-refractivity contribution < 1.29 is 18.0 Å². The zero-order valence-corrected chi connectivity index (χ0v) is 16.2. The minimum absolute atomic E-state index is 0.0716. The van der Waals surface area contributed by atoms with Crippen LogP contribution in [0.3, 0.4) is 0 Å². The van der Waals surface area contributed by atoms with E-state index in [2.05, 4.69) is 5.32 Å². The van der Waals surface area contributed by atoms with Gasteiger partial charge in [-0.15, -0.1) is 0 Å². The standard InChI is InChI=1S/C18H14Cl2N2O4S/c19-10-5-8-15-12(9-10)16(17(23)21-14-4-2-1-3-13(14)20)18(24)22(11-6-7-11)27(15,25)26/h1-5,8-9,11,16H,6-7H2,(H,21,23). The molecule has 0 saturated heterocycles. The molecule has 140 valence electrons. The Kier molecular flexibility index (Phi) is 4.41. The van der Waals surface area contributed by atoms with Gasteiger partial charge in [0.25, 0.3) is 15.9 Å². The Morgan fingerprint density at radius 3 is 2.48 bits per heavy atom. The van der Waals surface area contributed by atoms with Gasteiger partial charge in [-0.05, 0) is 48.7 Å². The van der Waals surface area contributed by atoms with Gasteiger partial charge >= 0.3 is 0 Å². The lowest BCUT2D eigenvalue weighted by molar-refractivity contribution is -0.133. The van der Waals surface area contributed by atoms with E-state index in [-0.39, 0.29) is 15.5 Å². The number of sulfonamides is 1. The molecule has 2 aromatic carbocycles. The summed E-state index contributed by atoms with van der Waals surface area (Å²) < 4.78 is 26.6. The van der Waals surface area contributed by atoms with Crippen LogP contribution in [0.15, 0.2) is 47.4 Å². The van der Waals surface area contributed by atoms with Gasteiger partial charge in [0.2, 0.25) is 5.91 Å². The monoisotopic (exact) mass is 424 g/mol. The first-order valence-electron chi connectivity index (χ1n) is 8.24. The number of hydrogen-bond donors (Lipinski definition) is 1. The molecular formula is C18H14Cl2N2O4S. The summed E-state index contributed by atoms with van der Waals surface area (Å²) in [7, 11) is -4.01. The van der Waals surface area contributed by atoms with Crippen LogP contribution in [0.5, 0.6) is 0 Å². The fourth-order valence-electron chi connectivity index (χ4n) is 3.17. The maximum atomic E-state index is 13.0. The number of hydrogen-bond acceptors (Lipinski definition) is 4. The highest BCUT2D eigenvalue weighted by Gasteiger charge is 2.51. The molecule has 4 rings (SSSR count). The second-order valence-electron chi connectivity index (χ2n) is 6.45. The van der Waals surface area contributed by atoms with E-state index in [0.29, 0.717) is 23.6 Å². The summed E-state index contributed by atoms with van der Waals surface area (Å²) in [5.41, 5.74) is 0.418. The zero-order chi connectivity index (χ0) is 19.3. The number of fused-ring (bicyclic) bond motifs is 1. The number of halogens is 2. The van der Waals surface area contributed by atoms with E-state index < -0.39 is 33.8 Å². The van der Waals surface area contributed by atoms with Crippen LogP contribution in [-0.2, 0) is 19.6 Å². The average Bonchev–Trinajstić information content (AvgIpc) is 3.41. The third-order valence-corrected chi connectivity index (χ3v) is 7.04. The predicted molar refractivity (Wildman–Crippen MR) is 101 cm³/mol. The fraction of sp³-hybridized carbons (Fsp3) is 0.222. The highest BCUT2D eigenvalue weighted by atomic mass is 35.5. The third-order valence-electron chi connectivity index (χ3n) is 4.56. The highest BCUT2D eigenvalue weighted by molar-refractivity contribution is 7.89. The molecule has 1 aliphatic heterocycles. The van der Waals surface area contributed by atoms with E-state index >= 15 is 0 Å². The van der Waals surface area contributed by atoms with Gasteiger partial charge in [-0.1, -0.05) is 35.3 Å². The first-order chi connectivity index (χ1) is 12.8. The maximum absolute atomic E-state index is 13.0. The van der Waals surface area contributed by atoms with Crippen LogP contribution in [0.2, 0.25) is 10.0 Å². The van der Waals surface area contributed by atoms with Crippen molar-refractivity contribution in [1.82, 2.24) is 4.31 Å². The summed E-state index contributed by atoms with van der Waals surface area (Å²) in [5, 5.41) is 3.18. The molecule has 0 spiro atoms. The first-order valence-corrected chi connectivity index (χ1v) is 10.4. The van der Waals surface area contributed by atoms with E-state index in [0.717, 1.165) is 4.31 Å². The molecule has 27 heavy (non-hydrogen) atoms. The summed E-state index contributed by atoms with van der Waals surface area (Å²) in [6.07, 6.45) is 1.18. The van der Waals surface area contributed by atoms with Crippen molar-refractivity contribution in [2.45, 2.75) is 29.7 Å². The van der Waals surface area contributed by atoms with Crippen LogP contribution < -0.4 is 5.32 Å². The Bertz CT molecular complexity index is 1070. The molecule has 1 N–H and O–H groups in total. The highest BCUT2D eigenvalue weighted by Crippen LogP contribution is 2.42. The summed E-state index contributed by atoms with van der Waals surface area (Å²) in [4.78, 5) is 25.9. The van der Waals surface area contributed by atoms with Crippen LogP contribution in [0, 0.1) is 0 Å². The van der Waals surface area contributed by atoms with Gasteiger partial charge < -0.3 is 5.32 Å². The molecule has 1 atom stereocenters. The smallest absolute Gasteiger partial charge is 0.267 e. The second-order valence-corrected chi connectivity index (χ2v) is 9.08. The van der Waals surface area contributed by atoms with Crippen molar-refractivity contribution in [2.24, 2.45) is 0 Å². The number of benzene rings is 2. The molecule has 2 amide bonds. The molecule has 0 aromatic heterocycles. The Morgan fingerprint density at radius 2 is 1.81 bits per heavy atom. The molecule has 1 heterocycles. The number of anilines is 1. The lowest BCUT2D eigenvalue weighted by Crippen LogP contribution is -2.48. The van der Waals surface area contributed by atoms with E-state index in [1.165, 1.54) is 18.2 Å². The van der Waals surface area contributed by atoms with E-state index in [9.17, 15) is 18.0 Å². The number of carbonyl (C=O) groups excluding carboxylic acids is 2. The first kappa shape index (κ1) is 18.3. The van der Waals surface area contributed by atoms with Crippen molar-refractivity contribution >= 4 is 50.7 Å². The van der Waals surface area contributed by atoms with Crippen molar-refractivity contribution in [3.8, 4) is 0 Å². The second kappa shape index (κ2) is 6.51. The number of para-hydroxylation sites is 1. The maximum Gasteiger partial charge on any atom is 0.267 e. The van der Waals surface area contributed by atoms with Crippen LogP contribution >= 0.6 is 23.2 Å².